The average molecular weight is 167 g/mol. The van der Waals surface area contributed by atoms with E-state index in [1.165, 1.54) is 0 Å². The van der Waals surface area contributed by atoms with Crippen LogP contribution in [-0.4, -0.2) is 22.8 Å². The van der Waals surface area contributed by atoms with Gasteiger partial charge < -0.3 is 14.4 Å². The predicted molar refractivity (Wildman–Crippen MR) is 37.8 cm³/mol. The van der Waals surface area contributed by atoms with Gasteiger partial charge >= 0.3 is 5.97 Å². The third-order valence-corrected chi connectivity index (χ3v) is 1.00. The van der Waals surface area contributed by atoms with E-state index in [4.69, 9.17) is 16.3 Å². The van der Waals surface area contributed by atoms with Crippen LogP contribution in [0.15, 0.2) is 10.6 Å². The summed E-state index contributed by atoms with van der Waals surface area (Å²) < 4.78 is 9.16. The molecule has 0 aliphatic heterocycles. The van der Waals surface area contributed by atoms with Crippen LogP contribution in [0.25, 0.3) is 0 Å². The summed E-state index contributed by atoms with van der Waals surface area (Å²) in [4.78, 5) is 10.3. The summed E-state index contributed by atoms with van der Waals surface area (Å²) in [6, 6.07) is 1.15. The lowest BCUT2D eigenvalue weighted by Gasteiger charge is -1.90. The van der Waals surface area contributed by atoms with E-state index >= 15 is 0 Å². The number of rotatable bonds is 3. The highest BCUT2D eigenvalue weighted by atomic mass is 16.5. The molecular formula is C7H5NO4. The first-order valence-corrected chi connectivity index (χ1v) is 3.00. The fraction of sp³-hybridized carbons (Fsp3) is 0.143. The van der Waals surface area contributed by atoms with Crippen LogP contribution in [0.2, 0.25) is 0 Å². The molecule has 0 saturated carbocycles. The highest BCUT2D eigenvalue weighted by Gasteiger charge is 2.10. The summed E-state index contributed by atoms with van der Waals surface area (Å²) in [5.41, 5.74) is 0. The Morgan fingerprint density at radius 2 is 2.67 bits per heavy atom. The number of hydrogen-bond donors (Lipinski definition) is 1. The van der Waals surface area contributed by atoms with Crippen molar-refractivity contribution >= 4 is 5.97 Å². The second-order valence-corrected chi connectivity index (χ2v) is 1.83. The fourth-order valence-corrected chi connectivity index (χ4v) is 0.543. The smallest absolute Gasteiger partial charge is 0.374 e. The van der Waals surface area contributed by atoms with Crippen LogP contribution in [0.4, 0.5) is 0 Å². The summed E-state index contributed by atoms with van der Waals surface area (Å²) in [6.45, 7) is 0.0333. The van der Waals surface area contributed by atoms with Crippen molar-refractivity contribution in [3.05, 3.63) is 11.8 Å². The largest absolute Gasteiger partial charge is 0.475 e. The summed E-state index contributed by atoms with van der Waals surface area (Å²) in [7, 11) is 0. The normalized spacial score (nSPS) is 8.92. The molecule has 0 fully saturated rings. The van der Waals surface area contributed by atoms with Crippen molar-refractivity contribution < 1.29 is 19.2 Å². The maximum atomic E-state index is 10.3. The topological polar surface area (TPSA) is 72.6 Å². The zero-order chi connectivity index (χ0) is 8.97. The highest BCUT2D eigenvalue weighted by molar-refractivity contribution is 5.84. The molecule has 1 aromatic heterocycles. The SMILES string of the molecule is C#CCOc1cc(C(=O)O)on1. The third kappa shape index (κ3) is 1.76. The van der Waals surface area contributed by atoms with Crippen LogP contribution in [0.5, 0.6) is 5.88 Å². The summed E-state index contributed by atoms with van der Waals surface area (Å²) >= 11 is 0. The first-order valence-electron chi connectivity index (χ1n) is 3.00. The monoisotopic (exact) mass is 167 g/mol. The maximum absolute atomic E-state index is 10.3. The molecule has 0 aliphatic carbocycles. The first-order chi connectivity index (χ1) is 5.74. The molecule has 0 aliphatic rings. The van der Waals surface area contributed by atoms with Crippen molar-refractivity contribution in [2.45, 2.75) is 0 Å². The molecule has 5 nitrogen and oxygen atoms in total. The number of ether oxygens (including phenoxy) is 1. The van der Waals surface area contributed by atoms with Crippen LogP contribution < -0.4 is 4.74 Å². The van der Waals surface area contributed by atoms with Crippen LogP contribution in [-0.2, 0) is 0 Å². The number of aromatic carboxylic acids is 1. The molecule has 0 unspecified atom stereocenters. The fourth-order valence-electron chi connectivity index (χ4n) is 0.543. The van der Waals surface area contributed by atoms with Crippen molar-refractivity contribution in [3.8, 4) is 18.2 Å². The molecule has 1 N–H and O–H groups in total. The second-order valence-electron chi connectivity index (χ2n) is 1.83. The molecule has 62 valence electrons. The van der Waals surface area contributed by atoms with Gasteiger partial charge in [-0.1, -0.05) is 5.92 Å². The molecule has 0 aromatic carbocycles. The first kappa shape index (κ1) is 8.14. The van der Waals surface area contributed by atoms with Crippen molar-refractivity contribution in [2.75, 3.05) is 6.61 Å². The molecule has 5 heteroatoms. The van der Waals surface area contributed by atoms with Gasteiger partial charge in [0.15, 0.2) is 6.61 Å². The molecule has 1 rings (SSSR count). The van der Waals surface area contributed by atoms with Gasteiger partial charge in [-0.25, -0.2) is 4.79 Å². The lowest BCUT2D eigenvalue weighted by molar-refractivity contribution is 0.0651. The van der Waals surface area contributed by atoms with E-state index in [0.29, 0.717) is 0 Å². The molecular weight excluding hydrogens is 162 g/mol. The van der Waals surface area contributed by atoms with Gasteiger partial charge in [0.1, 0.15) is 0 Å². The van der Waals surface area contributed by atoms with Crippen molar-refractivity contribution in [1.29, 1.82) is 0 Å². The third-order valence-electron chi connectivity index (χ3n) is 1.00. The molecule has 1 aromatic rings. The van der Waals surface area contributed by atoms with Crippen molar-refractivity contribution in [2.24, 2.45) is 0 Å². The minimum absolute atomic E-state index is 0.0333. The lowest BCUT2D eigenvalue weighted by atomic mass is 10.5. The number of terminal acetylenes is 1. The van der Waals surface area contributed by atoms with Gasteiger partial charge in [-0.15, -0.1) is 6.42 Å². The number of hydrogen-bond acceptors (Lipinski definition) is 4. The lowest BCUT2D eigenvalue weighted by Crippen LogP contribution is -1.93. The molecule has 0 saturated heterocycles. The van der Waals surface area contributed by atoms with Crippen molar-refractivity contribution in [3.63, 3.8) is 0 Å². The molecule has 1 heterocycles. The van der Waals surface area contributed by atoms with E-state index in [1.807, 2.05) is 0 Å². The Labute approximate surface area is 67.9 Å². The predicted octanol–water partition coefficient (Wildman–Crippen LogP) is 0.385. The standard InChI is InChI=1S/C7H5NO4/c1-2-3-11-6-4-5(7(9)10)12-8-6/h1,4H,3H2,(H,9,10). The molecule has 0 amide bonds. The highest BCUT2D eigenvalue weighted by Crippen LogP contribution is 2.10. The van der Waals surface area contributed by atoms with E-state index < -0.39 is 5.97 Å². The quantitative estimate of drug-likeness (QED) is 0.659. The van der Waals surface area contributed by atoms with Crippen LogP contribution in [0.3, 0.4) is 0 Å². The van der Waals surface area contributed by atoms with Gasteiger partial charge in [-0.2, -0.15) is 0 Å². The second kappa shape index (κ2) is 3.44. The molecule has 0 spiro atoms. The summed E-state index contributed by atoms with van der Waals surface area (Å²) in [6.07, 6.45) is 4.89. The molecule has 0 atom stereocenters. The van der Waals surface area contributed by atoms with E-state index in [1.54, 1.807) is 0 Å². The number of nitrogens with zero attached hydrogens (tertiary/aromatic N) is 1. The minimum atomic E-state index is -1.20. The zero-order valence-corrected chi connectivity index (χ0v) is 5.98. The van der Waals surface area contributed by atoms with Crippen LogP contribution >= 0.6 is 0 Å². The van der Waals surface area contributed by atoms with Crippen LogP contribution in [0.1, 0.15) is 10.6 Å². The Kier molecular flexibility index (Phi) is 2.33. The maximum Gasteiger partial charge on any atom is 0.374 e. The summed E-state index contributed by atoms with van der Waals surface area (Å²) in [5.74, 6) is 0.806. The Morgan fingerprint density at radius 3 is 3.17 bits per heavy atom. The van der Waals surface area contributed by atoms with E-state index in [0.717, 1.165) is 6.07 Å². The average Bonchev–Trinajstić information content (AvgIpc) is 2.48. The van der Waals surface area contributed by atoms with Crippen LogP contribution in [0, 0.1) is 12.3 Å². The molecule has 0 bridgehead atoms. The Bertz CT molecular complexity index is 322. The number of carboxylic acid groups (broad SMARTS) is 1. The van der Waals surface area contributed by atoms with E-state index in [9.17, 15) is 4.79 Å². The number of carboxylic acids is 1. The Hall–Kier alpha value is -1.96. The molecule has 0 radical (unpaired) electrons. The van der Waals surface area contributed by atoms with E-state index in [2.05, 4.69) is 15.6 Å². The molecule has 12 heavy (non-hydrogen) atoms. The number of carbonyl (C=O) groups is 1. The van der Waals surface area contributed by atoms with E-state index in [-0.39, 0.29) is 18.2 Å². The zero-order valence-electron chi connectivity index (χ0n) is 5.98. The minimum Gasteiger partial charge on any atom is -0.475 e. The summed E-state index contributed by atoms with van der Waals surface area (Å²) in [5, 5.41) is 11.7. The van der Waals surface area contributed by atoms with Gasteiger partial charge in [0.25, 0.3) is 5.88 Å². The Balaban J connectivity index is 2.66. The van der Waals surface area contributed by atoms with Crippen molar-refractivity contribution in [1.82, 2.24) is 5.16 Å². The van der Waals surface area contributed by atoms with Gasteiger partial charge in [-0.05, 0) is 5.16 Å². The van der Waals surface area contributed by atoms with Gasteiger partial charge in [-0.3, -0.25) is 0 Å². The Morgan fingerprint density at radius 1 is 1.92 bits per heavy atom. The van der Waals surface area contributed by atoms with Gasteiger partial charge in [0.2, 0.25) is 5.76 Å². The van der Waals surface area contributed by atoms with Gasteiger partial charge in [0, 0.05) is 0 Å². The van der Waals surface area contributed by atoms with Gasteiger partial charge in [0.05, 0.1) is 6.07 Å². The number of aromatic nitrogens is 1.